The van der Waals surface area contributed by atoms with Crippen molar-refractivity contribution in [2.24, 2.45) is 5.73 Å². The van der Waals surface area contributed by atoms with Gasteiger partial charge in [0.2, 0.25) is 0 Å². The standard InChI is InChI=1S/C10H14FNO/c1-7-3-8(5-9(11)4-7)10(12)6-13-2/h3-5,10H,6,12H2,1-2H3. The van der Waals surface area contributed by atoms with Gasteiger partial charge in [-0.15, -0.1) is 0 Å². The second kappa shape index (κ2) is 4.35. The Balaban J connectivity index is 2.87. The van der Waals surface area contributed by atoms with Crippen molar-refractivity contribution in [2.45, 2.75) is 13.0 Å². The van der Waals surface area contributed by atoms with Crippen molar-refractivity contribution in [2.75, 3.05) is 13.7 Å². The normalized spacial score (nSPS) is 12.9. The van der Waals surface area contributed by atoms with E-state index in [0.717, 1.165) is 11.1 Å². The van der Waals surface area contributed by atoms with Crippen molar-refractivity contribution < 1.29 is 9.13 Å². The zero-order valence-electron chi connectivity index (χ0n) is 7.88. The summed E-state index contributed by atoms with van der Waals surface area (Å²) in [7, 11) is 1.58. The van der Waals surface area contributed by atoms with Gasteiger partial charge < -0.3 is 10.5 Å². The summed E-state index contributed by atoms with van der Waals surface area (Å²) in [6, 6.07) is 4.53. The fourth-order valence-corrected chi connectivity index (χ4v) is 1.25. The molecule has 1 atom stereocenters. The molecule has 1 aromatic carbocycles. The minimum Gasteiger partial charge on any atom is -0.383 e. The number of hydrogen-bond acceptors (Lipinski definition) is 2. The summed E-state index contributed by atoms with van der Waals surface area (Å²) < 4.78 is 17.8. The highest BCUT2D eigenvalue weighted by atomic mass is 19.1. The number of ether oxygens (including phenoxy) is 1. The van der Waals surface area contributed by atoms with Gasteiger partial charge in [0.05, 0.1) is 12.6 Å². The number of hydrogen-bond donors (Lipinski definition) is 1. The molecule has 0 amide bonds. The second-order valence-electron chi connectivity index (χ2n) is 3.12. The summed E-state index contributed by atoms with van der Waals surface area (Å²) >= 11 is 0. The number of rotatable bonds is 3. The molecule has 0 fully saturated rings. The van der Waals surface area contributed by atoms with Crippen LogP contribution in [0.25, 0.3) is 0 Å². The molecule has 0 aliphatic heterocycles. The first-order chi connectivity index (χ1) is 6.13. The SMILES string of the molecule is COCC(N)c1cc(C)cc(F)c1. The first-order valence-electron chi connectivity index (χ1n) is 4.15. The Labute approximate surface area is 77.5 Å². The van der Waals surface area contributed by atoms with Gasteiger partial charge in [0, 0.05) is 7.11 Å². The van der Waals surface area contributed by atoms with Crippen LogP contribution in [0, 0.1) is 12.7 Å². The molecule has 1 unspecified atom stereocenters. The molecule has 0 heterocycles. The minimum absolute atomic E-state index is 0.249. The summed E-state index contributed by atoms with van der Waals surface area (Å²) in [4.78, 5) is 0. The Hall–Kier alpha value is -0.930. The molecule has 1 aromatic rings. The molecule has 0 radical (unpaired) electrons. The molecular weight excluding hydrogens is 169 g/mol. The summed E-state index contributed by atoms with van der Waals surface area (Å²) in [5.74, 6) is -0.249. The smallest absolute Gasteiger partial charge is 0.123 e. The van der Waals surface area contributed by atoms with Crippen molar-refractivity contribution in [1.82, 2.24) is 0 Å². The Morgan fingerprint density at radius 1 is 1.46 bits per heavy atom. The fraction of sp³-hybridized carbons (Fsp3) is 0.400. The number of aryl methyl sites for hydroxylation is 1. The lowest BCUT2D eigenvalue weighted by molar-refractivity contribution is 0.181. The Bertz CT molecular complexity index is 268. The molecule has 0 saturated carbocycles. The third-order valence-corrected chi connectivity index (χ3v) is 1.84. The van der Waals surface area contributed by atoms with E-state index in [-0.39, 0.29) is 11.9 Å². The van der Waals surface area contributed by atoms with E-state index >= 15 is 0 Å². The van der Waals surface area contributed by atoms with Gasteiger partial charge in [-0.05, 0) is 30.2 Å². The molecule has 3 heteroatoms. The van der Waals surface area contributed by atoms with Crippen LogP contribution in [0.15, 0.2) is 18.2 Å². The van der Waals surface area contributed by atoms with Crippen molar-refractivity contribution in [3.63, 3.8) is 0 Å². The van der Waals surface area contributed by atoms with Crippen LogP contribution in [-0.2, 0) is 4.74 Å². The predicted octanol–water partition coefficient (Wildman–Crippen LogP) is 1.78. The van der Waals surface area contributed by atoms with Crippen LogP contribution in [0.2, 0.25) is 0 Å². The maximum Gasteiger partial charge on any atom is 0.123 e. The lowest BCUT2D eigenvalue weighted by atomic mass is 10.1. The third kappa shape index (κ3) is 2.79. The quantitative estimate of drug-likeness (QED) is 0.775. The number of nitrogens with two attached hydrogens (primary N) is 1. The molecule has 13 heavy (non-hydrogen) atoms. The molecule has 1 rings (SSSR count). The number of benzene rings is 1. The van der Waals surface area contributed by atoms with Gasteiger partial charge in [0.15, 0.2) is 0 Å². The molecule has 0 aliphatic rings. The highest BCUT2D eigenvalue weighted by Crippen LogP contribution is 2.14. The highest BCUT2D eigenvalue weighted by Gasteiger charge is 2.06. The molecule has 2 N–H and O–H groups in total. The van der Waals surface area contributed by atoms with Crippen molar-refractivity contribution in [1.29, 1.82) is 0 Å². The van der Waals surface area contributed by atoms with Crippen LogP contribution in [0.5, 0.6) is 0 Å². The van der Waals surface area contributed by atoms with Crippen LogP contribution in [0.4, 0.5) is 4.39 Å². The third-order valence-electron chi connectivity index (χ3n) is 1.84. The monoisotopic (exact) mass is 183 g/mol. The van der Waals surface area contributed by atoms with Gasteiger partial charge in [0.25, 0.3) is 0 Å². The van der Waals surface area contributed by atoms with Crippen LogP contribution in [0.3, 0.4) is 0 Å². The predicted molar refractivity (Wildman–Crippen MR) is 49.9 cm³/mol. The molecule has 72 valence electrons. The molecular formula is C10H14FNO. The summed E-state index contributed by atoms with van der Waals surface area (Å²) in [6.45, 7) is 2.25. The van der Waals surface area contributed by atoms with E-state index in [1.807, 2.05) is 13.0 Å². The second-order valence-corrected chi connectivity index (χ2v) is 3.12. The Morgan fingerprint density at radius 2 is 2.15 bits per heavy atom. The van der Waals surface area contributed by atoms with E-state index in [9.17, 15) is 4.39 Å². The average Bonchev–Trinajstić information content (AvgIpc) is 2.03. The van der Waals surface area contributed by atoms with E-state index < -0.39 is 0 Å². The maximum atomic E-state index is 12.9. The zero-order chi connectivity index (χ0) is 9.84. The van der Waals surface area contributed by atoms with Gasteiger partial charge in [-0.2, -0.15) is 0 Å². The van der Waals surface area contributed by atoms with Crippen LogP contribution >= 0.6 is 0 Å². The Morgan fingerprint density at radius 3 is 2.69 bits per heavy atom. The van der Waals surface area contributed by atoms with Gasteiger partial charge in [-0.1, -0.05) is 6.07 Å². The van der Waals surface area contributed by atoms with Crippen LogP contribution in [0.1, 0.15) is 17.2 Å². The van der Waals surface area contributed by atoms with Gasteiger partial charge in [-0.25, -0.2) is 4.39 Å². The zero-order valence-corrected chi connectivity index (χ0v) is 7.88. The van der Waals surface area contributed by atoms with Gasteiger partial charge >= 0.3 is 0 Å². The molecule has 0 spiro atoms. The van der Waals surface area contributed by atoms with E-state index in [1.165, 1.54) is 12.1 Å². The van der Waals surface area contributed by atoms with E-state index in [2.05, 4.69) is 0 Å². The first kappa shape index (κ1) is 10.2. The summed E-state index contributed by atoms with van der Waals surface area (Å²) in [6.07, 6.45) is 0. The lowest BCUT2D eigenvalue weighted by Gasteiger charge is -2.11. The van der Waals surface area contributed by atoms with Crippen molar-refractivity contribution in [3.05, 3.63) is 35.1 Å². The fourth-order valence-electron chi connectivity index (χ4n) is 1.25. The largest absolute Gasteiger partial charge is 0.383 e. The maximum absolute atomic E-state index is 12.9. The molecule has 2 nitrogen and oxygen atoms in total. The lowest BCUT2D eigenvalue weighted by Crippen LogP contribution is -2.16. The first-order valence-corrected chi connectivity index (χ1v) is 4.15. The van der Waals surface area contributed by atoms with Gasteiger partial charge in [-0.3, -0.25) is 0 Å². The van der Waals surface area contributed by atoms with Crippen molar-refractivity contribution >= 4 is 0 Å². The van der Waals surface area contributed by atoms with Crippen LogP contribution in [-0.4, -0.2) is 13.7 Å². The molecule has 0 saturated heterocycles. The summed E-state index contributed by atoms with van der Waals surface area (Å²) in [5.41, 5.74) is 7.41. The molecule has 0 aliphatic carbocycles. The average molecular weight is 183 g/mol. The topological polar surface area (TPSA) is 35.2 Å². The Kier molecular flexibility index (Phi) is 3.39. The van der Waals surface area contributed by atoms with E-state index in [0.29, 0.717) is 6.61 Å². The molecule has 0 aromatic heterocycles. The van der Waals surface area contributed by atoms with Crippen LogP contribution < -0.4 is 5.73 Å². The molecule has 0 bridgehead atoms. The van der Waals surface area contributed by atoms with E-state index in [4.69, 9.17) is 10.5 Å². The number of halogens is 1. The van der Waals surface area contributed by atoms with Gasteiger partial charge in [0.1, 0.15) is 5.82 Å². The van der Waals surface area contributed by atoms with Crippen molar-refractivity contribution in [3.8, 4) is 0 Å². The number of methoxy groups -OCH3 is 1. The van der Waals surface area contributed by atoms with E-state index in [1.54, 1.807) is 7.11 Å². The highest BCUT2D eigenvalue weighted by molar-refractivity contribution is 5.26. The minimum atomic E-state index is -0.251. The summed E-state index contributed by atoms with van der Waals surface area (Å²) in [5, 5.41) is 0.